The highest BCUT2D eigenvalue weighted by atomic mass is 32.2. The van der Waals surface area contributed by atoms with Crippen LogP contribution in [0.3, 0.4) is 0 Å². The Balaban J connectivity index is 1.66. The van der Waals surface area contributed by atoms with Crippen molar-refractivity contribution in [1.29, 1.82) is 0 Å². The summed E-state index contributed by atoms with van der Waals surface area (Å²) >= 11 is 1.34. The number of aryl methyl sites for hydroxylation is 1. The zero-order valence-corrected chi connectivity index (χ0v) is 17.5. The molecule has 2 atom stereocenters. The van der Waals surface area contributed by atoms with E-state index in [4.69, 9.17) is 0 Å². The molecule has 3 aromatic rings. The molecule has 146 valence electrons. The van der Waals surface area contributed by atoms with E-state index in [0.717, 1.165) is 23.2 Å². The molecule has 6 heteroatoms. The topological polar surface area (TPSA) is 70.7 Å². The van der Waals surface area contributed by atoms with Gasteiger partial charge < -0.3 is 5.32 Å². The van der Waals surface area contributed by atoms with Crippen LogP contribution >= 0.6 is 11.8 Å². The van der Waals surface area contributed by atoms with E-state index in [1.165, 1.54) is 17.3 Å². The molecule has 0 saturated heterocycles. The lowest BCUT2D eigenvalue weighted by Crippen LogP contribution is -2.23. The Bertz CT molecular complexity index is 936. The van der Waals surface area contributed by atoms with Gasteiger partial charge in [0, 0.05) is 11.3 Å². The van der Waals surface area contributed by atoms with E-state index in [2.05, 4.69) is 40.4 Å². The molecule has 5 nitrogen and oxygen atoms in total. The van der Waals surface area contributed by atoms with Crippen molar-refractivity contribution in [3.05, 3.63) is 59.7 Å². The van der Waals surface area contributed by atoms with Crippen LogP contribution in [0.15, 0.2) is 53.7 Å². The number of carbonyl (C=O) groups excluding carboxylic acids is 1. The SMILES string of the molecule is CCC(C)c1ccccc1NC(=O)C(C)Sc1n[nH]c(-c2ccc(C)cc2)n1. The van der Waals surface area contributed by atoms with Gasteiger partial charge in [-0.25, -0.2) is 4.98 Å². The largest absolute Gasteiger partial charge is 0.325 e. The highest BCUT2D eigenvalue weighted by Gasteiger charge is 2.19. The Kier molecular flexibility index (Phi) is 6.52. The average molecular weight is 395 g/mol. The van der Waals surface area contributed by atoms with Crippen LogP contribution in [-0.4, -0.2) is 26.3 Å². The number of rotatable bonds is 7. The van der Waals surface area contributed by atoms with E-state index < -0.39 is 0 Å². The lowest BCUT2D eigenvalue weighted by Gasteiger charge is -2.17. The van der Waals surface area contributed by atoms with Crippen LogP contribution in [0, 0.1) is 6.92 Å². The summed E-state index contributed by atoms with van der Waals surface area (Å²) < 4.78 is 0. The summed E-state index contributed by atoms with van der Waals surface area (Å²) in [4.78, 5) is 17.2. The highest BCUT2D eigenvalue weighted by molar-refractivity contribution is 8.00. The molecule has 0 fully saturated rings. The lowest BCUT2D eigenvalue weighted by molar-refractivity contribution is -0.115. The number of nitrogens with one attached hydrogen (secondary N) is 2. The van der Waals surface area contributed by atoms with Crippen molar-refractivity contribution in [3.8, 4) is 11.4 Å². The van der Waals surface area contributed by atoms with Crippen molar-refractivity contribution < 1.29 is 4.79 Å². The zero-order valence-electron chi connectivity index (χ0n) is 16.7. The van der Waals surface area contributed by atoms with Crippen LogP contribution in [0.25, 0.3) is 11.4 Å². The van der Waals surface area contributed by atoms with Crippen LogP contribution in [0.4, 0.5) is 5.69 Å². The van der Waals surface area contributed by atoms with E-state index in [9.17, 15) is 4.79 Å². The maximum atomic E-state index is 12.7. The Hall–Kier alpha value is -2.60. The van der Waals surface area contributed by atoms with Crippen molar-refractivity contribution in [2.75, 3.05) is 5.32 Å². The Labute approximate surface area is 170 Å². The molecule has 0 bridgehead atoms. The molecule has 2 unspecified atom stereocenters. The molecule has 28 heavy (non-hydrogen) atoms. The van der Waals surface area contributed by atoms with Gasteiger partial charge in [0.2, 0.25) is 11.1 Å². The second kappa shape index (κ2) is 9.06. The third kappa shape index (κ3) is 4.81. The van der Waals surface area contributed by atoms with E-state index in [-0.39, 0.29) is 11.2 Å². The van der Waals surface area contributed by atoms with Crippen LogP contribution in [-0.2, 0) is 4.79 Å². The van der Waals surface area contributed by atoms with Gasteiger partial charge in [0.15, 0.2) is 5.82 Å². The fourth-order valence-electron chi connectivity index (χ4n) is 2.85. The summed E-state index contributed by atoms with van der Waals surface area (Å²) in [6.07, 6.45) is 1.02. The van der Waals surface area contributed by atoms with Gasteiger partial charge in [0.1, 0.15) is 0 Å². The van der Waals surface area contributed by atoms with Crippen molar-refractivity contribution in [1.82, 2.24) is 15.2 Å². The summed E-state index contributed by atoms with van der Waals surface area (Å²) in [5.74, 6) is 1.05. The third-order valence-electron chi connectivity index (χ3n) is 4.80. The predicted octanol–water partition coefficient (Wildman–Crippen LogP) is 5.41. The zero-order chi connectivity index (χ0) is 20.1. The number of anilines is 1. The normalized spacial score (nSPS) is 13.1. The van der Waals surface area contributed by atoms with E-state index in [1.54, 1.807) is 0 Å². The van der Waals surface area contributed by atoms with E-state index in [1.807, 2.05) is 56.3 Å². The summed E-state index contributed by atoms with van der Waals surface area (Å²) in [6.45, 7) is 8.24. The number of hydrogen-bond donors (Lipinski definition) is 2. The first-order valence-corrected chi connectivity index (χ1v) is 10.4. The molecule has 1 amide bonds. The van der Waals surface area contributed by atoms with Gasteiger partial charge in [-0.15, -0.1) is 5.10 Å². The Morgan fingerprint density at radius 2 is 1.86 bits per heavy atom. The molecule has 3 rings (SSSR count). The smallest absolute Gasteiger partial charge is 0.237 e. The molecule has 2 aromatic carbocycles. The van der Waals surface area contributed by atoms with Crippen molar-refractivity contribution >= 4 is 23.4 Å². The predicted molar refractivity (Wildman–Crippen MR) is 116 cm³/mol. The first kappa shape index (κ1) is 20.1. The quantitative estimate of drug-likeness (QED) is 0.525. The minimum atomic E-state index is -0.313. The number of para-hydroxylation sites is 1. The molecule has 1 heterocycles. The molecule has 1 aromatic heterocycles. The second-order valence-corrected chi connectivity index (χ2v) is 8.29. The van der Waals surface area contributed by atoms with Gasteiger partial charge in [-0.3, -0.25) is 9.89 Å². The third-order valence-corrected chi connectivity index (χ3v) is 5.76. The number of carbonyl (C=O) groups is 1. The molecule has 2 N–H and O–H groups in total. The fraction of sp³-hybridized carbons (Fsp3) is 0.318. The summed E-state index contributed by atoms with van der Waals surface area (Å²) in [7, 11) is 0. The molecular formula is C22H26N4OS. The second-order valence-electron chi connectivity index (χ2n) is 6.98. The number of amides is 1. The van der Waals surface area contributed by atoms with Crippen LogP contribution < -0.4 is 5.32 Å². The summed E-state index contributed by atoms with van der Waals surface area (Å²) in [5.41, 5.74) is 4.21. The lowest BCUT2D eigenvalue weighted by atomic mass is 9.97. The van der Waals surface area contributed by atoms with E-state index in [0.29, 0.717) is 16.9 Å². The average Bonchev–Trinajstić information content (AvgIpc) is 3.16. The molecule has 0 radical (unpaired) electrons. The monoisotopic (exact) mass is 394 g/mol. The summed E-state index contributed by atoms with van der Waals surface area (Å²) in [5, 5.41) is 10.5. The first-order chi connectivity index (χ1) is 13.5. The number of H-pyrrole nitrogens is 1. The number of thioether (sulfide) groups is 1. The highest BCUT2D eigenvalue weighted by Crippen LogP contribution is 2.28. The van der Waals surface area contributed by atoms with Crippen LogP contribution in [0.5, 0.6) is 0 Å². The van der Waals surface area contributed by atoms with Gasteiger partial charge in [-0.2, -0.15) is 0 Å². The van der Waals surface area contributed by atoms with Crippen molar-refractivity contribution in [2.24, 2.45) is 0 Å². The van der Waals surface area contributed by atoms with Gasteiger partial charge >= 0.3 is 0 Å². The minimum absolute atomic E-state index is 0.0533. The van der Waals surface area contributed by atoms with Crippen molar-refractivity contribution in [3.63, 3.8) is 0 Å². The first-order valence-electron chi connectivity index (χ1n) is 9.53. The number of aromatic amines is 1. The van der Waals surface area contributed by atoms with Gasteiger partial charge in [0.05, 0.1) is 5.25 Å². The van der Waals surface area contributed by atoms with Gasteiger partial charge in [0.25, 0.3) is 0 Å². The van der Waals surface area contributed by atoms with Crippen LogP contribution in [0.1, 0.15) is 44.2 Å². The number of hydrogen-bond acceptors (Lipinski definition) is 4. The summed E-state index contributed by atoms with van der Waals surface area (Å²) in [6, 6.07) is 16.1. The van der Waals surface area contributed by atoms with Crippen molar-refractivity contribution in [2.45, 2.75) is 50.4 Å². The number of benzene rings is 2. The van der Waals surface area contributed by atoms with Gasteiger partial charge in [-0.1, -0.05) is 73.6 Å². The molecule has 0 saturated carbocycles. The van der Waals surface area contributed by atoms with Crippen LogP contribution in [0.2, 0.25) is 0 Å². The fourth-order valence-corrected chi connectivity index (χ4v) is 3.57. The molecule has 0 aliphatic rings. The molecule has 0 spiro atoms. The maximum Gasteiger partial charge on any atom is 0.237 e. The minimum Gasteiger partial charge on any atom is -0.325 e. The number of aromatic nitrogens is 3. The van der Waals surface area contributed by atoms with E-state index >= 15 is 0 Å². The maximum absolute atomic E-state index is 12.7. The molecule has 0 aliphatic carbocycles. The standard InChI is InChI=1S/C22H26N4OS/c1-5-15(3)18-8-6-7-9-19(18)23-21(27)16(4)28-22-24-20(25-26-22)17-12-10-14(2)11-13-17/h6-13,15-16H,5H2,1-4H3,(H,23,27)(H,24,25,26). The molecule has 0 aliphatic heterocycles. The Morgan fingerprint density at radius 1 is 1.14 bits per heavy atom. The Morgan fingerprint density at radius 3 is 2.57 bits per heavy atom. The molecular weight excluding hydrogens is 368 g/mol. The van der Waals surface area contributed by atoms with Gasteiger partial charge in [-0.05, 0) is 37.8 Å². The number of nitrogens with zero attached hydrogens (tertiary/aromatic N) is 2.